The van der Waals surface area contributed by atoms with Crippen LogP contribution in [-0.4, -0.2) is 54.2 Å². The van der Waals surface area contributed by atoms with Gasteiger partial charge in [-0.05, 0) is 30.7 Å². The van der Waals surface area contributed by atoms with Crippen LogP contribution in [0.15, 0.2) is 24.3 Å². The molecular formula is C17H24N2O. The summed E-state index contributed by atoms with van der Waals surface area (Å²) < 4.78 is 0. The van der Waals surface area contributed by atoms with Crippen molar-refractivity contribution in [2.45, 2.75) is 19.9 Å². The third-order valence-electron chi connectivity index (χ3n) is 3.65. The van der Waals surface area contributed by atoms with Gasteiger partial charge in [-0.2, -0.15) is 0 Å². The minimum atomic E-state index is -0.0797. The lowest BCUT2D eigenvalue weighted by Gasteiger charge is -2.34. The number of piperazine rings is 1. The Hall–Kier alpha value is -1.34. The van der Waals surface area contributed by atoms with E-state index in [1.807, 2.05) is 12.1 Å². The summed E-state index contributed by atoms with van der Waals surface area (Å²) in [6.45, 7) is 9.03. The van der Waals surface area contributed by atoms with Gasteiger partial charge in [0.05, 0.1) is 0 Å². The summed E-state index contributed by atoms with van der Waals surface area (Å²) in [6.07, 6.45) is 1.24. The van der Waals surface area contributed by atoms with Gasteiger partial charge in [0.1, 0.15) is 6.61 Å². The van der Waals surface area contributed by atoms with Gasteiger partial charge in [-0.3, -0.25) is 4.90 Å². The van der Waals surface area contributed by atoms with Crippen molar-refractivity contribution < 1.29 is 5.11 Å². The third kappa shape index (κ3) is 4.64. The van der Waals surface area contributed by atoms with Crippen LogP contribution in [0.2, 0.25) is 0 Å². The van der Waals surface area contributed by atoms with Gasteiger partial charge in [-0.15, -0.1) is 0 Å². The number of nitrogens with zero attached hydrogens (tertiary/aromatic N) is 2. The summed E-state index contributed by atoms with van der Waals surface area (Å²) in [7, 11) is 0. The molecule has 0 spiro atoms. The number of aliphatic hydroxyl groups is 1. The van der Waals surface area contributed by atoms with E-state index in [0.717, 1.165) is 25.2 Å². The minimum Gasteiger partial charge on any atom is -0.384 e. The third-order valence-corrected chi connectivity index (χ3v) is 3.65. The van der Waals surface area contributed by atoms with Crippen LogP contribution in [0.3, 0.4) is 0 Å². The quantitative estimate of drug-likeness (QED) is 0.843. The zero-order valence-corrected chi connectivity index (χ0v) is 12.3. The molecule has 20 heavy (non-hydrogen) atoms. The molecule has 1 saturated heterocycles. The van der Waals surface area contributed by atoms with Gasteiger partial charge in [0.15, 0.2) is 0 Å². The van der Waals surface area contributed by atoms with Crippen molar-refractivity contribution >= 4 is 0 Å². The van der Waals surface area contributed by atoms with Crippen LogP contribution < -0.4 is 0 Å². The molecule has 0 atom stereocenters. The molecule has 1 heterocycles. The Morgan fingerprint density at radius 2 is 1.90 bits per heavy atom. The fourth-order valence-electron chi connectivity index (χ4n) is 2.63. The van der Waals surface area contributed by atoms with Crippen LogP contribution >= 0.6 is 0 Å². The molecular weight excluding hydrogens is 248 g/mol. The number of aliphatic hydroxyl groups excluding tert-OH is 1. The molecule has 0 aliphatic carbocycles. The molecule has 1 aliphatic heterocycles. The van der Waals surface area contributed by atoms with Gasteiger partial charge in [-0.1, -0.05) is 30.9 Å². The molecule has 1 aromatic rings. The Kier molecular flexibility index (Phi) is 6.07. The Morgan fingerprint density at radius 1 is 1.15 bits per heavy atom. The van der Waals surface area contributed by atoms with E-state index in [-0.39, 0.29) is 6.61 Å². The topological polar surface area (TPSA) is 26.7 Å². The maximum Gasteiger partial charge on any atom is 0.104 e. The predicted molar refractivity (Wildman–Crippen MR) is 82.4 cm³/mol. The second-order valence-corrected chi connectivity index (χ2v) is 5.28. The molecule has 1 aromatic carbocycles. The van der Waals surface area contributed by atoms with E-state index < -0.39 is 0 Å². The SMILES string of the molecule is CCCN1CCN(Cc2cccc(C#CCO)c2)CC1. The Labute approximate surface area is 122 Å². The lowest BCUT2D eigenvalue weighted by molar-refractivity contribution is 0.127. The highest BCUT2D eigenvalue weighted by atomic mass is 16.2. The lowest BCUT2D eigenvalue weighted by Crippen LogP contribution is -2.45. The Balaban J connectivity index is 1.88. The second kappa shape index (κ2) is 8.06. The van der Waals surface area contributed by atoms with Crippen molar-refractivity contribution in [2.75, 3.05) is 39.3 Å². The maximum atomic E-state index is 8.74. The van der Waals surface area contributed by atoms with Gasteiger partial charge in [0, 0.05) is 38.3 Å². The van der Waals surface area contributed by atoms with Crippen LogP contribution in [0, 0.1) is 11.8 Å². The number of hydrogen-bond acceptors (Lipinski definition) is 3. The minimum absolute atomic E-state index is 0.0797. The largest absolute Gasteiger partial charge is 0.384 e. The first-order valence-corrected chi connectivity index (χ1v) is 7.45. The van der Waals surface area contributed by atoms with E-state index >= 15 is 0 Å². The van der Waals surface area contributed by atoms with Crippen molar-refractivity contribution in [3.8, 4) is 11.8 Å². The van der Waals surface area contributed by atoms with Gasteiger partial charge in [-0.25, -0.2) is 0 Å². The first kappa shape index (κ1) is 15.1. The second-order valence-electron chi connectivity index (χ2n) is 5.28. The highest BCUT2D eigenvalue weighted by Crippen LogP contribution is 2.10. The monoisotopic (exact) mass is 272 g/mol. The molecule has 0 aromatic heterocycles. The zero-order chi connectivity index (χ0) is 14.2. The first-order chi connectivity index (χ1) is 9.81. The molecule has 108 valence electrons. The number of hydrogen-bond donors (Lipinski definition) is 1. The summed E-state index contributed by atoms with van der Waals surface area (Å²) in [5, 5.41) is 8.74. The predicted octanol–water partition coefficient (Wildman–Crippen LogP) is 1.56. The smallest absolute Gasteiger partial charge is 0.104 e. The van der Waals surface area contributed by atoms with Gasteiger partial charge in [0.25, 0.3) is 0 Å². The Morgan fingerprint density at radius 3 is 2.60 bits per heavy atom. The molecule has 0 saturated carbocycles. The van der Waals surface area contributed by atoms with E-state index in [2.05, 4.69) is 40.7 Å². The fourth-order valence-corrected chi connectivity index (χ4v) is 2.63. The van der Waals surface area contributed by atoms with Crippen molar-refractivity contribution in [3.63, 3.8) is 0 Å². The van der Waals surface area contributed by atoms with Crippen molar-refractivity contribution in [1.29, 1.82) is 0 Å². The molecule has 3 nitrogen and oxygen atoms in total. The molecule has 0 unspecified atom stereocenters. The van der Waals surface area contributed by atoms with Gasteiger partial charge >= 0.3 is 0 Å². The molecule has 1 N–H and O–H groups in total. The summed E-state index contributed by atoms with van der Waals surface area (Å²) >= 11 is 0. The first-order valence-electron chi connectivity index (χ1n) is 7.45. The summed E-state index contributed by atoms with van der Waals surface area (Å²) in [5.74, 6) is 5.67. The summed E-state index contributed by atoms with van der Waals surface area (Å²) in [5.41, 5.74) is 2.29. The van der Waals surface area contributed by atoms with Crippen molar-refractivity contribution in [1.82, 2.24) is 9.80 Å². The van der Waals surface area contributed by atoms with Crippen LogP contribution in [0.1, 0.15) is 24.5 Å². The van der Waals surface area contributed by atoms with E-state index in [1.165, 1.54) is 31.6 Å². The maximum absolute atomic E-state index is 8.74. The molecule has 1 fully saturated rings. The van der Waals surface area contributed by atoms with Gasteiger partial charge < -0.3 is 10.0 Å². The average molecular weight is 272 g/mol. The summed E-state index contributed by atoms with van der Waals surface area (Å²) in [6, 6.07) is 8.32. The molecule has 0 radical (unpaired) electrons. The Bertz CT molecular complexity index is 467. The van der Waals surface area contributed by atoms with Crippen LogP contribution in [-0.2, 0) is 6.54 Å². The normalized spacial score (nSPS) is 16.7. The van der Waals surface area contributed by atoms with E-state index in [1.54, 1.807) is 0 Å². The van der Waals surface area contributed by atoms with Crippen molar-refractivity contribution in [2.24, 2.45) is 0 Å². The number of rotatable bonds is 4. The molecule has 2 rings (SSSR count). The average Bonchev–Trinajstić information content (AvgIpc) is 2.48. The number of benzene rings is 1. The van der Waals surface area contributed by atoms with Crippen molar-refractivity contribution in [3.05, 3.63) is 35.4 Å². The van der Waals surface area contributed by atoms with Crippen LogP contribution in [0.4, 0.5) is 0 Å². The van der Waals surface area contributed by atoms with E-state index in [4.69, 9.17) is 5.11 Å². The molecule has 0 bridgehead atoms. The molecule has 0 amide bonds. The fraction of sp³-hybridized carbons (Fsp3) is 0.529. The van der Waals surface area contributed by atoms with E-state index in [9.17, 15) is 0 Å². The highest BCUT2D eigenvalue weighted by Gasteiger charge is 2.15. The summed E-state index contributed by atoms with van der Waals surface area (Å²) in [4.78, 5) is 5.05. The van der Waals surface area contributed by atoms with Gasteiger partial charge in [0.2, 0.25) is 0 Å². The zero-order valence-electron chi connectivity index (χ0n) is 12.3. The van der Waals surface area contributed by atoms with E-state index in [0.29, 0.717) is 0 Å². The van der Waals surface area contributed by atoms with Crippen LogP contribution in [0.25, 0.3) is 0 Å². The van der Waals surface area contributed by atoms with Crippen LogP contribution in [0.5, 0.6) is 0 Å². The standard InChI is InChI=1S/C17H24N2O/c1-2-8-18-9-11-19(12-10-18)15-17-6-3-5-16(14-17)7-4-13-20/h3,5-6,14,20H,2,8-13,15H2,1H3. The molecule has 3 heteroatoms. The molecule has 1 aliphatic rings. The highest BCUT2D eigenvalue weighted by molar-refractivity contribution is 5.37. The lowest BCUT2D eigenvalue weighted by atomic mass is 10.1.